The van der Waals surface area contributed by atoms with Gasteiger partial charge in [-0.2, -0.15) is 0 Å². The van der Waals surface area contributed by atoms with E-state index >= 15 is 0 Å². The summed E-state index contributed by atoms with van der Waals surface area (Å²) in [4.78, 5) is 62.0. The number of amides is 4. The number of ether oxygens (including phenoxy) is 3. The number of pyridine rings is 1. The quantitative estimate of drug-likeness (QED) is 0.374. The summed E-state index contributed by atoms with van der Waals surface area (Å²) in [6, 6.07) is 3.62. The molecule has 4 amide bonds. The first-order chi connectivity index (χ1) is 26.3. The highest BCUT2D eigenvalue weighted by Crippen LogP contribution is 2.46. The average Bonchev–Trinajstić information content (AvgIpc) is 4.07. The molecule has 5 atom stereocenters. The number of allylic oxidation sites excluding steroid dienone is 2. The monoisotopic (exact) mass is 777 g/mol. The summed E-state index contributed by atoms with van der Waals surface area (Å²) >= 11 is 0. The van der Waals surface area contributed by atoms with Crippen molar-refractivity contribution in [2.75, 3.05) is 20.3 Å². The molecule has 2 saturated carbocycles. The lowest BCUT2D eigenvalue weighted by Gasteiger charge is -2.30. The second kappa shape index (κ2) is 15.5. The van der Waals surface area contributed by atoms with E-state index in [1.807, 2.05) is 50.3 Å². The largest absolute Gasteiger partial charge is 0.496 e. The van der Waals surface area contributed by atoms with E-state index in [9.17, 15) is 27.6 Å². The maximum Gasteiger partial charge on any atom is 0.407 e. The molecule has 1 aromatic heterocycles. The van der Waals surface area contributed by atoms with Gasteiger partial charge in [0.05, 0.1) is 25.5 Å². The SMILES string of the molecule is COc1cc2ccnc3c2cc1/C=C/CCC(C)(C)COC(=O)N[C@H]1CCCCC/C=C\[C@H]2C[C@@]2(C(=O)NS(=O)(=O)C2CC2)NC(=O)[C@@H]2C[C@H](CN2C1=O)O3. The minimum absolute atomic E-state index is 0.00323. The lowest BCUT2D eigenvalue weighted by Crippen LogP contribution is -2.58. The molecule has 1 saturated heterocycles. The number of hydrogen-bond donors (Lipinski definition) is 3. The van der Waals surface area contributed by atoms with Gasteiger partial charge < -0.3 is 29.7 Å². The van der Waals surface area contributed by atoms with Crippen LogP contribution in [0.4, 0.5) is 4.79 Å². The summed E-state index contributed by atoms with van der Waals surface area (Å²) in [6.07, 6.45) is 14.0. The Balaban J connectivity index is 1.25. The Morgan fingerprint density at radius 3 is 2.67 bits per heavy atom. The van der Waals surface area contributed by atoms with Crippen LogP contribution in [0, 0.1) is 11.3 Å². The van der Waals surface area contributed by atoms with Crippen molar-refractivity contribution in [3.8, 4) is 11.6 Å². The van der Waals surface area contributed by atoms with Crippen LogP contribution >= 0.6 is 0 Å². The Labute approximate surface area is 321 Å². The molecule has 2 aliphatic carbocycles. The fraction of sp³-hybridized carbons (Fsp3) is 0.575. The van der Waals surface area contributed by atoms with Crippen molar-refractivity contribution in [1.82, 2.24) is 25.2 Å². The van der Waals surface area contributed by atoms with E-state index in [4.69, 9.17) is 14.2 Å². The van der Waals surface area contributed by atoms with E-state index in [0.29, 0.717) is 50.2 Å². The van der Waals surface area contributed by atoms with Gasteiger partial charge >= 0.3 is 6.09 Å². The van der Waals surface area contributed by atoms with Gasteiger partial charge in [-0.25, -0.2) is 18.2 Å². The number of nitrogens with zero attached hydrogens (tertiary/aromatic N) is 2. The van der Waals surface area contributed by atoms with Gasteiger partial charge in [0.25, 0.3) is 5.91 Å². The van der Waals surface area contributed by atoms with Gasteiger partial charge in [-0.3, -0.25) is 19.1 Å². The number of cyclic esters (lactones) is 1. The van der Waals surface area contributed by atoms with Gasteiger partial charge in [0.1, 0.15) is 29.5 Å². The molecule has 55 heavy (non-hydrogen) atoms. The summed E-state index contributed by atoms with van der Waals surface area (Å²) in [5.74, 6) is -1.30. The normalized spacial score (nSPS) is 30.1. The molecular weight excluding hydrogens is 727 g/mol. The minimum Gasteiger partial charge on any atom is -0.496 e. The summed E-state index contributed by atoms with van der Waals surface area (Å²) in [6.45, 7) is 4.15. The standard InChI is InChI=1S/C40H51N5O9S/c1-39(2)17-10-9-11-26-19-30-25(20-33(26)52-3)16-18-41-35(30)54-28-21-32-34(46)43-40(37(48)44-55(50,51)29-14-15-29)22-27(40)12-7-5-4-6-8-13-31(36(47)45(32)23-28)42-38(49)53-24-39/h7,9,11-12,16,18-20,27-29,31-32H,4-6,8,10,13-15,17,21-24H2,1-3H3,(H,42,49)(H,43,46)(H,44,48)/b11-9+,12-7-/t27-,28+,31-,32-,40+/m0/s1. The Hall–Kier alpha value is -4.66. The van der Waals surface area contributed by atoms with Crippen LogP contribution in [0.5, 0.6) is 11.6 Å². The van der Waals surface area contributed by atoms with Crippen LogP contribution in [0.1, 0.15) is 90.0 Å². The number of fused-ring (bicyclic) bond motifs is 4. The maximum atomic E-state index is 14.6. The molecule has 0 spiro atoms. The molecule has 5 bridgehead atoms. The molecule has 5 aliphatic rings. The summed E-state index contributed by atoms with van der Waals surface area (Å²) in [5, 5.41) is 6.62. The summed E-state index contributed by atoms with van der Waals surface area (Å²) in [5.41, 5.74) is -1.05. The molecular formula is C40H51N5O9S. The highest BCUT2D eigenvalue weighted by atomic mass is 32.2. The van der Waals surface area contributed by atoms with Crippen LogP contribution in [0.2, 0.25) is 0 Å². The Bertz CT molecular complexity index is 2010. The van der Waals surface area contributed by atoms with Crippen molar-refractivity contribution in [2.45, 2.75) is 113 Å². The first-order valence-corrected chi connectivity index (χ1v) is 20.9. The third kappa shape index (κ3) is 8.61. The molecule has 0 radical (unpaired) electrons. The van der Waals surface area contributed by atoms with Gasteiger partial charge in [0, 0.05) is 29.5 Å². The number of sulfonamides is 1. The van der Waals surface area contributed by atoms with Gasteiger partial charge in [0.2, 0.25) is 27.7 Å². The lowest BCUT2D eigenvalue weighted by molar-refractivity contribution is -0.141. The average molecular weight is 778 g/mol. The maximum absolute atomic E-state index is 14.6. The van der Waals surface area contributed by atoms with Gasteiger partial charge in [-0.1, -0.05) is 51.0 Å². The first kappa shape index (κ1) is 38.6. The fourth-order valence-electron chi connectivity index (χ4n) is 7.80. The zero-order valence-electron chi connectivity index (χ0n) is 31.7. The number of carbonyl (C=O) groups is 4. The van der Waals surface area contributed by atoms with Gasteiger partial charge in [0.15, 0.2) is 0 Å². The number of hydrogen-bond acceptors (Lipinski definition) is 10. The van der Waals surface area contributed by atoms with Crippen molar-refractivity contribution in [3.05, 3.63) is 48.2 Å². The summed E-state index contributed by atoms with van der Waals surface area (Å²) < 4.78 is 45.9. The second-order valence-electron chi connectivity index (χ2n) is 16.3. The van der Waals surface area contributed by atoms with Crippen molar-refractivity contribution < 1.29 is 41.8 Å². The molecule has 3 aliphatic heterocycles. The van der Waals surface area contributed by atoms with Gasteiger partial charge in [-0.05, 0) is 80.4 Å². The highest BCUT2D eigenvalue weighted by molar-refractivity contribution is 7.91. The number of rotatable bonds is 4. The number of nitrogens with one attached hydrogen (secondary N) is 3. The van der Waals surface area contributed by atoms with Crippen LogP contribution in [0.15, 0.2) is 42.6 Å². The zero-order chi connectivity index (χ0) is 39.0. The summed E-state index contributed by atoms with van der Waals surface area (Å²) in [7, 11) is -2.28. The molecule has 7 rings (SSSR count). The predicted molar refractivity (Wildman–Crippen MR) is 204 cm³/mol. The van der Waals surface area contributed by atoms with E-state index < -0.39 is 68.7 Å². The second-order valence-corrected chi connectivity index (χ2v) is 18.3. The zero-order valence-corrected chi connectivity index (χ0v) is 32.5. The number of aromatic nitrogens is 1. The van der Waals surface area contributed by atoms with Crippen LogP contribution < -0.4 is 24.8 Å². The highest BCUT2D eigenvalue weighted by Gasteiger charge is 2.62. The molecule has 15 heteroatoms. The topological polar surface area (TPSA) is 182 Å². The minimum atomic E-state index is -3.89. The third-order valence-electron chi connectivity index (χ3n) is 11.4. The number of benzene rings is 1. The van der Waals surface area contributed by atoms with Crippen LogP contribution in [0.25, 0.3) is 16.8 Å². The Morgan fingerprint density at radius 1 is 1.07 bits per heavy atom. The molecule has 3 fully saturated rings. The van der Waals surface area contributed by atoms with E-state index in [2.05, 4.69) is 26.4 Å². The van der Waals surface area contributed by atoms with Crippen LogP contribution in [0.3, 0.4) is 0 Å². The van der Waals surface area contributed by atoms with Crippen molar-refractivity contribution >= 4 is 50.7 Å². The Kier molecular flexibility index (Phi) is 10.9. The first-order valence-electron chi connectivity index (χ1n) is 19.4. The van der Waals surface area contributed by atoms with E-state index in [0.717, 1.165) is 35.6 Å². The van der Waals surface area contributed by atoms with E-state index in [-0.39, 0.29) is 31.4 Å². The van der Waals surface area contributed by atoms with Crippen molar-refractivity contribution in [2.24, 2.45) is 11.3 Å². The van der Waals surface area contributed by atoms with Crippen molar-refractivity contribution in [3.63, 3.8) is 0 Å². The molecule has 3 N–H and O–H groups in total. The predicted octanol–water partition coefficient (Wildman–Crippen LogP) is 4.52. The smallest absolute Gasteiger partial charge is 0.407 e. The van der Waals surface area contributed by atoms with E-state index in [1.54, 1.807) is 13.3 Å². The van der Waals surface area contributed by atoms with Gasteiger partial charge in [-0.15, -0.1) is 0 Å². The molecule has 4 heterocycles. The number of carbonyl (C=O) groups excluding carboxylic acids is 4. The van der Waals surface area contributed by atoms with Crippen LogP contribution in [-0.2, 0) is 29.1 Å². The fourth-order valence-corrected chi connectivity index (χ4v) is 9.16. The molecule has 1 aromatic carbocycles. The Morgan fingerprint density at radius 2 is 1.89 bits per heavy atom. The molecule has 296 valence electrons. The molecule has 0 unspecified atom stereocenters. The van der Waals surface area contributed by atoms with Crippen LogP contribution in [-0.4, -0.2) is 91.4 Å². The number of alkyl carbamates (subject to hydrolysis) is 1. The van der Waals surface area contributed by atoms with Crippen molar-refractivity contribution in [1.29, 1.82) is 0 Å². The number of methoxy groups -OCH3 is 1. The lowest BCUT2D eigenvalue weighted by atomic mass is 9.88. The third-order valence-corrected chi connectivity index (χ3v) is 13.2. The molecule has 2 aromatic rings. The molecule has 14 nitrogen and oxygen atoms in total. The van der Waals surface area contributed by atoms with E-state index in [1.165, 1.54) is 4.90 Å².